The molecule has 10 heteroatoms. The van der Waals surface area contributed by atoms with Crippen molar-refractivity contribution in [2.45, 2.75) is 45.7 Å². The number of hydrogen-bond donors (Lipinski definition) is 3. The number of anilines is 2. The predicted octanol–water partition coefficient (Wildman–Crippen LogP) is 3.96. The Labute approximate surface area is 207 Å². The second kappa shape index (κ2) is 10.2. The largest absolute Gasteiger partial charge is 0.395 e. The van der Waals surface area contributed by atoms with Gasteiger partial charge in [0.15, 0.2) is 5.69 Å². The molecule has 1 atom stereocenters. The van der Waals surface area contributed by atoms with Gasteiger partial charge in [-0.2, -0.15) is 4.37 Å². The summed E-state index contributed by atoms with van der Waals surface area (Å²) in [6, 6.07) is 11.2. The number of benzene rings is 2. The lowest BCUT2D eigenvalue weighted by Crippen LogP contribution is -2.50. The van der Waals surface area contributed by atoms with Crippen LogP contribution in [-0.4, -0.2) is 27.6 Å². The first-order chi connectivity index (χ1) is 16.4. The number of carbonyl (C=O) groups is 3. The van der Waals surface area contributed by atoms with Gasteiger partial charge in [-0.25, -0.2) is 4.39 Å². The Kier molecular flexibility index (Phi) is 7.54. The normalized spacial score (nSPS) is 12.1. The Morgan fingerprint density at radius 3 is 2.23 bits per heavy atom. The molecule has 0 radical (unpaired) electrons. The van der Waals surface area contributed by atoms with Crippen molar-refractivity contribution in [2.75, 3.05) is 10.6 Å². The molecule has 0 saturated carbocycles. The summed E-state index contributed by atoms with van der Waals surface area (Å²) in [5, 5.41) is 2.98. The van der Waals surface area contributed by atoms with E-state index < -0.39 is 35.1 Å². The van der Waals surface area contributed by atoms with E-state index in [1.54, 1.807) is 24.3 Å². The summed E-state index contributed by atoms with van der Waals surface area (Å²) in [7, 11) is 0. The Bertz CT molecular complexity index is 1240. The fourth-order valence-corrected chi connectivity index (χ4v) is 4.12. The summed E-state index contributed by atoms with van der Waals surface area (Å²) >= 11 is 0.724. The van der Waals surface area contributed by atoms with Crippen LogP contribution in [0, 0.1) is 12.7 Å². The van der Waals surface area contributed by atoms with Crippen molar-refractivity contribution in [1.29, 1.82) is 0 Å². The summed E-state index contributed by atoms with van der Waals surface area (Å²) in [5.74, 6) is -2.45. The number of aromatic nitrogens is 1. The van der Waals surface area contributed by atoms with Gasteiger partial charge in [0.25, 0.3) is 11.8 Å². The van der Waals surface area contributed by atoms with Gasteiger partial charge in [-0.15, -0.1) is 0 Å². The van der Waals surface area contributed by atoms with E-state index in [-0.39, 0.29) is 16.3 Å². The van der Waals surface area contributed by atoms with Crippen LogP contribution in [0.5, 0.6) is 0 Å². The Hall–Kier alpha value is -3.79. The molecule has 35 heavy (non-hydrogen) atoms. The molecule has 1 aromatic heterocycles. The van der Waals surface area contributed by atoms with E-state index in [0.717, 1.165) is 17.1 Å². The molecule has 0 spiro atoms. The lowest BCUT2D eigenvalue weighted by molar-refractivity contribution is -0.124. The summed E-state index contributed by atoms with van der Waals surface area (Å²) in [6.07, 6.45) is 0.636. The maximum atomic E-state index is 13.9. The monoisotopic (exact) mass is 497 g/mol. The lowest BCUT2D eigenvalue weighted by atomic mass is 9.98. The fraction of sp³-hybridized carbons (Fsp3) is 0.280. The topological polar surface area (TPSA) is 131 Å². The van der Waals surface area contributed by atoms with E-state index in [2.05, 4.69) is 9.69 Å². The van der Waals surface area contributed by atoms with Crippen molar-refractivity contribution < 1.29 is 18.8 Å². The van der Waals surface area contributed by atoms with Crippen LogP contribution in [-0.2, 0) is 4.79 Å². The van der Waals surface area contributed by atoms with Crippen LogP contribution < -0.4 is 21.7 Å². The van der Waals surface area contributed by atoms with Gasteiger partial charge >= 0.3 is 0 Å². The highest BCUT2D eigenvalue weighted by Crippen LogP contribution is 2.33. The van der Waals surface area contributed by atoms with Gasteiger partial charge in [0.2, 0.25) is 5.91 Å². The van der Waals surface area contributed by atoms with Gasteiger partial charge in [0.1, 0.15) is 16.7 Å². The van der Waals surface area contributed by atoms with Crippen molar-refractivity contribution in [3.63, 3.8) is 0 Å². The molecule has 0 aliphatic heterocycles. The van der Waals surface area contributed by atoms with Crippen LogP contribution in [0.3, 0.4) is 0 Å². The van der Waals surface area contributed by atoms with E-state index in [0.29, 0.717) is 17.7 Å². The summed E-state index contributed by atoms with van der Waals surface area (Å²) < 4.78 is 17.7. The minimum atomic E-state index is -1.17. The number of nitrogens with two attached hydrogens (primary N) is 2. The molecule has 1 unspecified atom stereocenters. The molecule has 0 aliphatic rings. The molecule has 0 bridgehead atoms. The third-order valence-corrected chi connectivity index (χ3v) is 6.58. The predicted molar refractivity (Wildman–Crippen MR) is 135 cm³/mol. The smallest absolute Gasteiger partial charge is 0.273 e. The second-order valence-electron chi connectivity index (χ2n) is 8.83. The molecule has 2 aromatic carbocycles. The van der Waals surface area contributed by atoms with Gasteiger partial charge < -0.3 is 16.8 Å². The molecule has 0 fully saturated rings. The zero-order valence-electron chi connectivity index (χ0n) is 20.0. The number of nitrogens with one attached hydrogen (secondary N) is 1. The van der Waals surface area contributed by atoms with Crippen molar-refractivity contribution in [2.24, 2.45) is 5.73 Å². The Balaban J connectivity index is 2.22. The summed E-state index contributed by atoms with van der Waals surface area (Å²) in [6.45, 7) is 7.56. The van der Waals surface area contributed by atoms with Gasteiger partial charge in [-0.3, -0.25) is 19.3 Å². The lowest BCUT2D eigenvalue weighted by Gasteiger charge is -2.34. The fourth-order valence-electron chi connectivity index (χ4n) is 3.38. The van der Waals surface area contributed by atoms with Gasteiger partial charge in [0, 0.05) is 11.2 Å². The van der Waals surface area contributed by atoms with Crippen molar-refractivity contribution in [3.8, 4) is 0 Å². The van der Waals surface area contributed by atoms with Gasteiger partial charge in [0.05, 0.1) is 5.69 Å². The van der Waals surface area contributed by atoms with Crippen LogP contribution in [0.2, 0.25) is 0 Å². The van der Waals surface area contributed by atoms with Crippen LogP contribution in [0.15, 0.2) is 48.5 Å². The number of amides is 3. The zero-order valence-corrected chi connectivity index (χ0v) is 20.8. The average Bonchev–Trinajstić information content (AvgIpc) is 3.20. The van der Waals surface area contributed by atoms with E-state index in [4.69, 9.17) is 11.5 Å². The summed E-state index contributed by atoms with van der Waals surface area (Å²) in [5.41, 5.74) is 12.2. The number of aryl methyl sites for hydroxylation is 1. The molecule has 0 saturated heterocycles. The minimum Gasteiger partial charge on any atom is -0.395 e. The third-order valence-electron chi connectivity index (χ3n) is 5.72. The highest BCUT2D eigenvalue weighted by molar-refractivity contribution is 7.09. The first-order valence-corrected chi connectivity index (χ1v) is 11.7. The van der Waals surface area contributed by atoms with E-state index in [1.165, 1.54) is 29.2 Å². The Morgan fingerprint density at radius 1 is 1.11 bits per heavy atom. The van der Waals surface area contributed by atoms with Crippen molar-refractivity contribution in [3.05, 3.63) is 76.0 Å². The second-order valence-corrected chi connectivity index (χ2v) is 9.60. The highest BCUT2D eigenvalue weighted by atomic mass is 32.1. The Morgan fingerprint density at radius 2 is 1.71 bits per heavy atom. The number of rotatable bonds is 8. The molecular formula is C25H28FN5O3S. The first-order valence-electron chi connectivity index (χ1n) is 11.0. The van der Waals surface area contributed by atoms with Gasteiger partial charge in [-0.1, -0.05) is 36.8 Å². The maximum Gasteiger partial charge on any atom is 0.273 e. The quantitative estimate of drug-likeness (QED) is 0.433. The molecule has 0 aliphatic carbocycles. The zero-order chi connectivity index (χ0) is 25.9. The average molecular weight is 498 g/mol. The standard InChI is InChI=1S/C25H28FN5O3S/c1-5-25(3,4)29-23(33)20(15-8-10-16(26)11-9-15)31(17-12-6-14(2)7-13-17)24(34)21-18(27)19(22(28)32)30-35-21/h6-13,20H,5,27H2,1-4H3,(H2,28,32)(H,29,33). The number of primary amides is 1. The molecule has 5 N–H and O–H groups in total. The number of nitrogen functional groups attached to an aromatic ring is 1. The van der Waals surface area contributed by atoms with E-state index >= 15 is 0 Å². The first kappa shape index (κ1) is 25.8. The molecule has 184 valence electrons. The van der Waals surface area contributed by atoms with E-state index in [9.17, 15) is 18.8 Å². The number of hydrogen-bond acceptors (Lipinski definition) is 6. The van der Waals surface area contributed by atoms with Crippen LogP contribution in [0.1, 0.15) is 64.5 Å². The maximum absolute atomic E-state index is 13.9. The van der Waals surface area contributed by atoms with Crippen LogP contribution >= 0.6 is 11.5 Å². The van der Waals surface area contributed by atoms with Crippen LogP contribution in [0.4, 0.5) is 15.8 Å². The van der Waals surface area contributed by atoms with Gasteiger partial charge in [-0.05, 0) is 68.6 Å². The van der Waals surface area contributed by atoms with Crippen molar-refractivity contribution in [1.82, 2.24) is 9.69 Å². The highest BCUT2D eigenvalue weighted by Gasteiger charge is 2.37. The number of halogens is 1. The number of nitrogens with zero attached hydrogens (tertiary/aromatic N) is 2. The molecule has 3 rings (SSSR count). The molecule has 1 heterocycles. The van der Waals surface area contributed by atoms with E-state index in [1.807, 2.05) is 27.7 Å². The number of carbonyl (C=O) groups excluding carboxylic acids is 3. The third kappa shape index (κ3) is 5.65. The van der Waals surface area contributed by atoms with Crippen molar-refractivity contribution >= 4 is 40.6 Å². The van der Waals surface area contributed by atoms with Crippen LogP contribution in [0.25, 0.3) is 0 Å². The molecular weight excluding hydrogens is 469 g/mol. The SMILES string of the molecule is CCC(C)(C)NC(=O)C(c1ccc(F)cc1)N(C(=O)c1snc(C(N)=O)c1N)c1ccc(C)cc1. The summed E-state index contributed by atoms with van der Waals surface area (Å²) in [4.78, 5) is 40.6. The molecule has 8 nitrogen and oxygen atoms in total. The molecule has 3 aromatic rings. The minimum absolute atomic E-state index is 0.0333. The molecule has 3 amide bonds.